The fourth-order valence-corrected chi connectivity index (χ4v) is 2.05. The maximum atomic E-state index is 5.40. The second-order valence-corrected chi connectivity index (χ2v) is 5.07. The van der Waals surface area contributed by atoms with E-state index < -0.39 is 0 Å². The van der Waals surface area contributed by atoms with Gasteiger partial charge in [0.25, 0.3) is 0 Å². The molecule has 0 aliphatic carbocycles. The Bertz CT molecular complexity index is 377. The summed E-state index contributed by atoms with van der Waals surface area (Å²) in [4.78, 5) is 8.57. The van der Waals surface area contributed by atoms with Gasteiger partial charge in [-0.2, -0.15) is 4.98 Å². The third kappa shape index (κ3) is 3.57. The van der Waals surface area contributed by atoms with Crippen molar-refractivity contribution in [1.29, 1.82) is 0 Å². The van der Waals surface area contributed by atoms with Crippen molar-refractivity contribution in [2.45, 2.75) is 26.7 Å². The van der Waals surface area contributed by atoms with Crippen molar-refractivity contribution in [3.8, 4) is 0 Å². The highest BCUT2D eigenvalue weighted by Gasteiger charge is 2.27. The Morgan fingerprint density at radius 1 is 1.33 bits per heavy atom. The Balaban J connectivity index is 1.90. The maximum Gasteiger partial charge on any atom is 0.224 e. The van der Waals surface area contributed by atoms with Gasteiger partial charge in [0.1, 0.15) is 5.82 Å². The first kappa shape index (κ1) is 13.1. The van der Waals surface area contributed by atoms with Gasteiger partial charge in [0.2, 0.25) is 5.95 Å². The van der Waals surface area contributed by atoms with Gasteiger partial charge in [0, 0.05) is 32.5 Å². The first-order chi connectivity index (χ1) is 8.72. The lowest BCUT2D eigenvalue weighted by atomic mass is 9.82. The molecule has 1 aromatic heterocycles. The Morgan fingerprint density at radius 3 is 2.83 bits per heavy atom. The number of aromatic nitrogens is 2. The number of hydrogen-bond donors (Lipinski definition) is 2. The van der Waals surface area contributed by atoms with Crippen LogP contribution in [0.3, 0.4) is 0 Å². The summed E-state index contributed by atoms with van der Waals surface area (Å²) in [7, 11) is 0. The van der Waals surface area contributed by atoms with Crippen LogP contribution in [0, 0.1) is 5.41 Å². The van der Waals surface area contributed by atoms with Gasteiger partial charge in [-0.25, -0.2) is 4.98 Å². The van der Waals surface area contributed by atoms with E-state index in [9.17, 15) is 0 Å². The van der Waals surface area contributed by atoms with Gasteiger partial charge in [0.15, 0.2) is 0 Å². The number of nitrogens with zero attached hydrogens (tertiary/aromatic N) is 2. The molecule has 0 amide bonds. The van der Waals surface area contributed by atoms with Crippen molar-refractivity contribution in [3.05, 3.63) is 12.3 Å². The molecule has 0 unspecified atom stereocenters. The normalized spacial score (nSPS) is 18.3. The monoisotopic (exact) mass is 250 g/mol. The molecule has 1 aliphatic heterocycles. The van der Waals surface area contributed by atoms with Crippen LogP contribution in [0.5, 0.6) is 0 Å². The van der Waals surface area contributed by atoms with Gasteiger partial charge >= 0.3 is 0 Å². The summed E-state index contributed by atoms with van der Waals surface area (Å²) in [6.07, 6.45) is 3.98. The van der Waals surface area contributed by atoms with Crippen LogP contribution in [0.25, 0.3) is 0 Å². The van der Waals surface area contributed by atoms with Crippen LogP contribution in [0.2, 0.25) is 0 Å². The summed E-state index contributed by atoms with van der Waals surface area (Å²) in [5.74, 6) is 1.56. The van der Waals surface area contributed by atoms with E-state index in [0.717, 1.165) is 45.0 Å². The Labute approximate surface area is 108 Å². The van der Waals surface area contributed by atoms with Gasteiger partial charge in [-0.15, -0.1) is 0 Å². The standard InChI is InChI=1S/C13H22N4O/c1-3-14-12-15-7-4-11(17-12)16-10-13(2)5-8-18-9-6-13/h4,7H,3,5-6,8-10H2,1-2H3,(H2,14,15,16,17). The lowest BCUT2D eigenvalue weighted by Crippen LogP contribution is -2.33. The van der Waals surface area contributed by atoms with Crippen LogP contribution in [0.1, 0.15) is 26.7 Å². The minimum atomic E-state index is 0.307. The van der Waals surface area contributed by atoms with Crippen LogP contribution in [-0.4, -0.2) is 36.3 Å². The molecule has 2 rings (SSSR count). The van der Waals surface area contributed by atoms with E-state index in [-0.39, 0.29) is 0 Å². The molecule has 0 bridgehead atoms. The molecule has 1 aromatic rings. The summed E-state index contributed by atoms with van der Waals surface area (Å²) in [6.45, 7) is 7.83. The van der Waals surface area contributed by atoms with Gasteiger partial charge in [-0.05, 0) is 31.2 Å². The lowest BCUT2D eigenvalue weighted by molar-refractivity contribution is 0.0300. The SMILES string of the molecule is CCNc1nccc(NCC2(C)CCOCC2)n1. The molecule has 2 heterocycles. The molecular weight excluding hydrogens is 228 g/mol. The molecule has 0 saturated carbocycles. The molecule has 1 saturated heterocycles. The fourth-order valence-electron chi connectivity index (χ4n) is 2.05. The molecule has 0 atom stereocenters. The first-order valence-electron chi connectivity index (χ1n) is 6.60. The van der Waals surface area contributed by atoms with Crippen molar-refractivity contribution < 1.29 is 4.74 Å². The van der Waals surface area contributed by atoms with E-state index in [0.29, 0.717) is 11.4 Å². The molecule has 1 fully saturated rings. The molecule has 18 heavy (non-hydrogen) atoms. The van der Waals surface area contributed by atoms with Crippen LogP contribution in [0.15, 0.2) is 12.3 Å². The Morgan fingerprint density at radius 2 is 2.11 bits per heavy atom. The minimum absolute atomic E-state index is 0.307. The predicted molar refractivity (Wildman–Crippen MR) is 72.8 cm³/mol. The number of hydrogen-bond acceptors (Lipinski definition) is 5. The van der Waals surface area contributed by atoms with E-state index in [4.69, 9.17) is 4.74 Å². The van der Waals surface area contributed by atoms with Gasteiger partial charge in [-0.1, -0.05) is 6.92 Å². The van der Waals surface area contributed by atoms with E-state index in [1.807, 2.05) is 13.0 Å². The molecule has 1 aliphatic rings. The fraction of sp³-hybridized carbons (Fsp3) is 0.692. The van der Waals surface area contributed by atoms with Crippen LogP contribution in [0.4, 0.5) is 11.8 Å². The van der Waals surface area contributed by atoms with Crippen molar-refractivity contribution in [3.63, 3.8) is 0 Å². The van der Waals surface area contributed by atoms with Crippen LogP contribution < -0.4 is 10.6 Å². The number of nitrogens with one attached hydrogen (secondary N) is 2. The highest BCUT2D eigenvalue weighted by molar-refractivity contribution is 5.39. The largest absolute Gasteiger partial charge is 0.381 e. The second kappa shape index (κ2) is 6.00. The van der Waals surface area contributed by atoms with Crippen LogP contribution >= 0.6 is 0 Å². The Kier molecular flexibility index (Phi) is 4.36. The third-order valence-corrected chi connectivity index (χ3v) is 3.39. The van der Waals surface area contributed by atoms with Crippen molar-refractivity contribution in [2.75, 3.05) is 36.9 Å². The number of anilines is 2. The quantitative estimate of drug-likeness (QED) is 0.838. The lowest BCUT2D eigenvalue weighted by Gasteiger charge is -2.33. The third-order valence-electron chi connectivity index (χ3n) is 3.39. The molecule has 100 valence electrons. The highest BCUT2D eigenvalue weighted by Crippen LogP contribution is 2.29. The average molecular weight is 250 g/mol. The minimum Gasteiger partial charge on any atom is -0.381 e. The summed E-state index contributed by atoms with van der Waals surface area (Å²) >= 11 is 0. The van der Waals surface area contributed by atoms with E-state index in [2.05, 4.69) is 27.5 Å². The van der Waals surface area contributed by atoms with Crippen molar-refractivity contribution >= 4 is 11.8 Å². The molecule has 0 spiro atoms. The second-order valence-electron chi connectivity index (χ2n) is 5.07. The molecule has 5 nitrogen and oxygen atoms in total. The molecule has 0 aromatic carbocycles. The van der Waals surface area contributed by atoms with E-state index >= 15 is 0 Å². The zero-order chi connectivity index (χ0) is 12.8. The highest BCUT2D eigenvalue weighted by atomic mass is 16.5. The van der Waals surface area contributed by atoms with Crippen molar-refractivity contribution in [1.82, 2.24) is 9.97 Å². The molecular formula is C13H22N4O. The molecule has 0 radical (unpaired) electrons. The average Bonchev–Trinajstić information content (AvgIpc) is 2.38. The molecule has 5 heteroatoms. The summed E-state index contributed by atoms with van der Waals surface area (Å²) in [5, 5.41) is 6.52. The topological polar surface area (TPSA) is 59.1 Å². The van der Waals surface area contributed by atoms with Crippen molar-refractivity contribution in [2.24, 2.45) is 5.41 Å². The maximum absolute atomic E-state index is 5.40. The van der Waals surface area contributed by atoms with Gasteiger partial charge in [-0.3, -0.25) is 0 Å². The summed E-state index contributed by atoms with van der Waals surface area (Å²) < 4.78 is 5.40. The summed E-state index contributed by atoms with van der Waals surface area (Å²) in [5.41, 5.74) is 0.307. The zero-order valence-electron chi connectivity index (χ0n) is 11.2. The summed E-state index contributed by atoms with van der Waals surface area (Å²) in [6, 6.07) is 1.91. The van der Waals surface area contributed by atoms with Crippen LogP contribution in [-0.2, 0) is 4.74 Å². The van der Waals surface area contributed by atoms with Gasteiger partial charge < -0.3 is 15.4 Å². The zero-order valence-corrected chi connectivity index (χ0v) is 11.2. The predicted octanol–water partition coefficient (Wildman–Crippen LogP) is 2.14. The van der Waals surface area contributed by atoms with E-state index in [1.54, 1.807) is 6.20 Å². The molecule has 2 N–H and O–H groups in total. The smallest absolute Gasteiger partial charge is 0.224 e. The van der Waals surface area contributed by atoms with Gasteiger partial charge in [0.05, 0.1) is 0 Å². The number of rotatable bonds is 5. The Hall–Kier alpha value is -1.36. The van der Waals surface area contributed by atoms with E-state index in [1.165, 1.54) is 0 Å². The number of ether oxygens (including phenoxy) is 1. The first-order valence-corrected chi connectivity index (χ1v) is 6.60.